The third kappa shape index (κ3) is 11.9. The Morgan fingerprint density at radius 3 is 2.23 bits per heavy atom. The van der Waals surface area contributed by atoms with Crippen LogP contribution in [0.15, 0.2) is 0 Å². The van der Waals surface area contributed by atoms with Crippen LogP contribution in [0.5, 0.6) is 0 Å². The molecule has 0 aliphatic carbocycles. The second-order valence-electron chi connectivity index (χ2n) is 4.15. The molecular weight excluding hydrogens is 160 g/mol. The van der Waals surface area contributed by atoms with E-state index in [1.54, 1.807) is 0 Å². The summed E-state index contributed by atoms with van der Waals surface area (Å²) in [5.74, 6) is 0.775. The molecule has 2 heteroatoms. The Hall–Kier alpha value is -0.0800. The summed E-state index contributed by atoms with van der Waals surface area (Å²) in [6.45, 7) is 7.68. The molecule has 80 valence electrons. The molecule has 0 aromatic rings. The smallest absolute Gasteiger partial charge is 0.00258 e. The lowest BCUT2D eigenvalue weighted by molar-refractivity contribution is 0.524. The van der Waals surface area contributed by atoms with Gasteiger partial charge in [-0.25, -0.2) is 0 Å². The summed E-state index contributed by atoms with van der Waals surface area (Å²) < 4.78 is 0. The van der Waals surface area contributed by atoms with Crippen molar-refractivity contribution in [2.24, 2.45) is 11.7 Å². The van der Waals surface area contributed by atoms with Gasteiger partial charge in [-0.2, -0.15) is 0 Å². The van der Waals surface area contributed by atoms with E-state index >= 15 is 0 Å². The van der Waals surface area contributed by atoms with Gasteiger partial charge in [0.25, 0.3) is 0 Å². The maximum atomic E-state index is 5.41. The fourth-order valence-corrected chi connectivity index (χ4v) is 1.32. The first-order valence-corrected chi connectivity index (χ1v) is 5.68. The topological polar surface area (TPSA) is 38.0 Å². The van der Waals surface area contributed by atoms with Crippen LogP contribution in [0.2, 0.25) is 0 Å². The maximum absolute atomic E-state index is 5.41. The summed E-state index contributed by atoms with van der Waals surface area (Å²) >= 11 is 0. The summed E-state index contributed by atoms with van der Waals surface area (Å²) in [6.07, 6.45) is 6.52. The zero-order valence-corrected chi connectivity index (χ0v) is 9.31. The Labute approximate surface area is 83.3 Å². The van der Waals surface area contributed by atoms with Crippen molar-refractivity contribution in [1.29, 1.82) is 0 Å². The molecule has 0 amide bonds. The standard InChI is InChI=1S/C11H26N2/c1-11(2)10-13-9-7-5-3-4-6-8-12/h11,13H,3-10,12H2,1-2H3. The molecule has 0 bridgehead atoms. The number of unbranched alkanes of at least 4 members (excludes halogenated alkanes) is 4. The summed E-state index contributed by atoms with van der Waals surface area (Å²) in [6, 6.07) is 0. The fraction of sp³-hybridized carbons (Fsp3) is 1.00. The molecule has 0 heterocycles. The maximum Gasteiger partial charge on any atom is -0.00258 e. The van der Waals surface area contributed by atoms with Crippen molar-refractivity contribution in [2.75, 3.05) is 19.6 Å². The Balaban J connectivity index is 2.84. The first-order chi connectivity index (χ1) is 6.27. The van der Waals surface area contributed by atoms with E-state index in [2.05, 4.69) is 19.2 Å². The van der Waals surface area contributed by atoms with Crippen molar-refractivity contribution in [3.05, 3.63) is 0 Å². The van der Waals surface area contributed by atoms with Crippen LogP contribution in [-0.4, -0.2) is 19.6 Å². The summed E-state index contributed by atoms with van der Waals surface area (Å²) in [4.78, 5) is 0. The van der Waals surface area contributed by atoms with Crippen molar-refractivity contribution in [3.63, 3.8) is 0 Å². The Bertz CT molecular complexity index is 92.1. The molecule has 0 unspecified atom stereocenters. The van der Waals surface area contributed by atoms with Gasteiger partial charge in [-0.05, 0) is 38.4 Å². The molecule has 13 heavy (non-hydrogen) atoms. The highest BCUT2D eigenvalue weighted by Gasteiger charge is 1.92. The fourth-order valence-electron chi connectivity index (χ4n) is 1.32. The van der Waals surface area contributed by atoms with Crippen molar-refractivity contribution >= 4 is 0 Å². The van der Waals surface area contributed by atoms with E-state index in [0.29, 0.717) is 0 Å². The van der Waals surface area contributed by atoms with Crippen molar-refractivity contribution in [3.8, 4) is 0 Å². The minimum absolute atomic E-state index is 0.775. The molecule has 0 rings (SSSR count). The second kappa shape index (κ2) is 10.0. The molecular formula is C11H26N2. The lowest BCUT2D eigenvalue weighted by Gasteiger charge is -2.06. The van der Waals surface area contributed by atoms with Crippen molar-refractivity contribution in [1.82, 2.24) is 5.32 Å². The predicted octanol–water partition coefficient (Wildman–Crippen LogP) is 2.14. The van der Waals surface area contributed by atoms with Crippen LogP contribution in [0.25, 0.3) is 0 Å². The Kier molecular flexibility index (Phi) is 9.94. The van der Waals surface area contributed by atoms with E-state index in [1.165, 1.54) is 38.6 Å². The average molecular weight is 186 g/mol. The second-order valence-corrected chi connectivity index (χ2v) is 4.15. The van der Waals surface area contributed by atoms with Crippen LogP contribution in [-0.2, 0) is 0 Å². The molecule has 0 aliphatic rings. The van der Waals surface area contributed by atoms with E-state index in [4.69, 9.17) is 5.73 Å². The number of hydrogen-bond donors (Lipinski definition) is 2. The SMILES string of the molecule is CC(C)CNCCCCCCCN. The van der Waals surface area contributed by atoms with Crippen LogP contribution >= 0.6 is 0 Å². The van der Waals surface area contributed by atoms with Gasteiger partial charge in [-0.3, -0.25) is 0 Å². The van der Waals surface area contributed by atoms with Gasteiger partial charge in [0.05, 0.1) is 0 Å². The Morgan fingerprint density at radius 1 is 1.00 bits per heavy atom. The van der Waals surface area contributed by atoms with E-state index in [9.17, 15) is 0 Å². The van der Waals surface area contributed by atoms with Crippen LogP contribution in [0.4, 0.5) is 0 Å². The van der Waals surface area contributed by atoms with E-state index < -0.39 is 0 Å². The molecule has 0 aromatic carbocycles. The van der Waals surface area contributed by atoms with Gasteiger partial charge in [0.1, 0.15) is 0 Å². The molecule has 0 saturated heterocycles. The number of rotatable bonds is 9. The van der Waals surface area contributed by atoms with Gasteiger partial charge in [-0.1, -0.05) is 33.1 Å². The molecule has 0 aromatic heterocycles. The lowest BCUT2D eigenvalue weighted by atomic mass is 10.1. The van der Waals surface area contributed by atoms with Crippen LogP contribution in [0.3, 0.4) is 0 Å². The monoisotopic (exact) mass is 186 g/mol. The van der Waals surface area contributed by atoms with Gasteiger partial charge in [0.2, 0.25) is 0 Å². The zero-order chi connectivity index (χ0) is 9.94. The number of hydrogen-bond acceptors (Lipinski definition) is 2. The van der Waals surface area contributed by atoms with Crippen molar-refractivity contribution in [2.45, 2.75) is 46.0 Å². The van der Waals surface area contributed by atoms with Gasteiger partial charge in [0, 0.05) is 0 Å². The van der Waals surface area contributed by atoms with Gasteiger partial charge >= 0.3 is 0 Å². The molecule has 0 saturated carbocycles. The molecule has 0 aliphatic heterocycles. The third-order valence-corrected chi connectivity index (χ3v) is 2.11. The lowest BCUT2D eigenvalue weighted by Crippen LogP contribution is -2.20. The zero-order valence-electron chi connectivity index (χ0n) is 9.31. The molecule has 3 N–H and O–H groups in total. The molecule has 0 atom stereocenters. The van der Waals surface area contributed by atoms with Gasteiger partial charge < -0.3 is 11.1 Å². The van der Waals surface area contributed by atoms with Crippen LogP contribution < -0.4 is 11.1 Å². The quantitative estimate of drug-likeness (QED) is 0.541. The number of nitrogens with one attached hydrogen (secondary N) is 1. The van der Waals surface area contributed by atoms with Gasteiger partial charge in [-0.15, -0.1) is 0 Å². The first kappa shape index (κ1) is 12.9. The minimum atomic E-state index is 0.775. The highest BCUT2D eigenvalue weighted by molar-refractivity contribution is 4.52. The highest BCUT2D eigenvalue weighted by atomic mass is 14.8. The van der Waals surface area contributed by atoms with E-state index in [0.717, 1.165) is 19.0 Å². The minimum Gasteiger partial charge on any atom is -0.330 e. The predicted molar refractivity (Wildman–Crippen MR) is 59.8 cm³/mol. The summed E-state index contributed by atoms with van der Waals surface area (Å²) in [5, 5.41) is 3.45. The number of nitrogens with two attached hydrogens (primary N) is 1. The average Bonchev–Trinajstić information content (AvgIpc) is 2.09. The summed E-state index contributed by atoms with van der Waals surface area (Å²) in [5.41, 5.74) is 5.41. The van der Waals surface area contributed by atoms with E-state index in [1.807, 2.05) is 0 Å². The highest BCUT2D eigenvalue weighted by Crippen LogP contribution is 2.01. The first-order valence-electron chi connectivity index (χ1n) is 5.68. The molecule has 0 fully saturated rings. The van der Waals surface area contributed by atoms with E-state index in [-0.39, 0.29) is 0 Å². The molecule has 2 nitrogen and oxygen atoms in total. The normalized spacial score (nSPS) is 11.1. The summed E-state index contributed by atoms with van der Waals surface area (Å²) in [7, 11) is 0. The molecule has 0 spiro atoms. The van der Waals surface area contributed by atoms with Gasteiger partial charge in [0.15, 0.2) is 0 Å². The van der Waals surface area contributed by atoms with Crippen LogP contribution in [0.1, 0.15) is 46.0 Å². The van der Waals surface area contributed by atoms with Crippen molar-refractivity contribution < 1.29 is 0 Å². The Morgan fingerprint density at radius 2 is 1.62 bits per heavy atom. The van der Waals surface area contributed by atoms with Crippen LogP contribution in [0, 0.1) is 5.92 Å². The molecule has 0 radical (unpaired) electrons. The largest absolute Gasteiger partial charge is 0.330 e. The third-order valence-electron chi connectivity index (χ3n) is 2.11.